The number of amides is 1. The fourth-order valence-corrected chi connectivity index (χ4v) is 4.72. The van der Waals surface area contributed by atoms with Crippen LogP contribution in [0.4, 0.5) is 0 Å². The number of nitrogens with zero attached hydrogens (tertiary/aromatic N) is 3. The normalized spacial score (nSPS) is 16.3. The summed E-state index contributed by atoms with van der Waals surface area (Å²) >= 11 is 1.46. The largest absolute Gasteiger partial charge is 0.343 e. The van der Waals surface area contributed by atoms with E-state index in [1.807, 2.05) is 55.5 Å². The Bertz CT molecular complexity index is 965. The van der Waals surface area contributed by atoms with Gasteiger partial charge in [0.15, 0.2) is 0 Å². The first kappa shape index (κ1) is 20.7. The first-order valence-electron chi connectivity index (χ1n) is 10.4. The van der Waals surface area contributed by atoms with E-state index in [9.17, 15) is 4.79 Å². The van der Waals surface area contributed by atoms with Crippen LogP contribution in [-0.4, -0.2) is 60.5 Å². The highest BCUT2D eigenvalue weighted by molar-refractivity contribution is 7.17. The molecule has 0 bridgehead atoms. The minimum atomic E-state index is -0.0521. The van der Waals surface area contributed by atoms with Crippen molar-refractivity contribution in [2.75, 3.05) is 39.8 Å². The molecule has 1 unspecified atom stereocenters. The van der Waals surface area contributed by atoms with E-state index in [0.717, 1.165) is 54.6 Å². The van der Waals surface area contributed by atoms with Gasteiger partial charge in [-0.05, 0) is 19.5 Å². The fourth-order valence-electron chi connectivity index (χ4n) is 3.74. The van der Waals surface area contributed by atoms with Crippen LogP contribution >= 0.6 is 11.3 Å². The number of aromatic nitrogens is 1. The van der Waals surface area contributed by atoms with Crippen molar-refractivity contribution in [2.24, 2.45) is 0 Å². The Hall–Kier alpha value is -2.54. The number of hydrogen-bond donors (Lipinski definition) is 1. The van der Waals surface area contributed by atoms with Gasteiger partial charge in [-0.2, -0.15) is 0 Å². The maximum Gasteiger partial charge on any atom is 0.263 e. The molecule has 0 spiro atoms. The SMILES string of the molecule is Cc1nc(-c2ccccc2)sc1C(=O)NC(CN1CCN(C)CC1)c1ccccc1. The number of piperazine rings is 1. The van der Waals surface area contributed by atoms with Crippen LogP contribution in [0.15, 0.2) is 60.7 Å². The number of nitrogens with one attached hydrogen (secondary N) is 1. The zero-order valence-electron chi connectivity index (χ0n) is 17.5. The zero-order valence-corrected chi connectivity index (χ0v) is 18.4. The predicted octanol–water partition coefficient (Wildman–Crippen LogP) is 3.84. The molecule has 1 aromatic heterocycles. The maximum atomic E-state index is 13.2. The van der Waals surface area contributed by atoms with Crippen molar-refractivity contribution in [3.05, 3.63) is 76.8 Å². The van der Waals surface area contributed by atoms with E-state index in [1.165, 1.54) is 11.3 Å². The van der Waals surface area contributed by atoms with Crippen LogP contribution in [0.25, 0.3) is 10.6 Å². The predicted molar refractivity (Wildman–Crippen MR) is 123 cm³/mol. The third kappa shape index (κ3) is 4.95. The van der Waals surface area contributed by atoms with E-state index in [1.54, 1.807) is 0 Å². The number of aryl methyl sites for hydroxylation is 1. The molecule has 1 atom stereocenters. The molecule has 6 heteroatoms. The number of carbonyl (C=O) groups excluding carboxylic acids is 1. The highest BCUT2D eigenvalue weighted by Gasteiger charge is 2.24. The minimum Gasteiger partial charge on any atom is -0.343 e. The van der Waals surface area contributed by atoms with Crippen molar-refractivity contribution >= 4 is 17.2 Å². The van der Waals surface area contributed by atoms with E-state index in [0.29, 0.717) is 4.88 Å². The second kappa shape index (κ2) is 9.51. The molecule has 2 aromatic carbocycles. The van der Waals surface area contributed by atoms with Crippen LogP contribution in [0.5, 0.6) is 0 Å². The summed E-state index contributed by atoms with van der Waals surface area (Å²) < 4.78 is 0. The van der Waals surface area contributed by atoms with E-state index in [2.05, 4.69) is 39.3 Å². The van der Waals surface area contributed by atoms with Crippen LogP contribution < -0.4 is 5.32 Å². The van der Waals surface area contributed by atoms with Crippen molar-refractivity contribution in [3.8, 4) is 10.6 Å². The number of rotatable bonds is 6. The lowest BCUT2D eigenvalue weighted by molar-refractivity contribution is 0.0910. The van der Waals surface area contributed by atoms with Gasteiger partial charge in [-0.25, -0.2) is 4.98 Å². The summed E-state index contributed by atoms with van der Waals surface area (Å²) in [5.74, 6) is -0.0461. The molecule has 0 radical (unpaired) electrons. The number of benzene rings is 2. The Balaban J connectivity index is 1.52. The lowest BCUT2D eigenvalue weighted by Gasteiger charge is -2.35. The molecule has 1 N–H and O–H groups in total. The Morgan fingerprint density at radius 2 is 1.67 bits per heavy atom. The molecule has 1 aliphatic heterocycles. The molecule has 1 amide bonds. The summed E-state index contributed by atoms with van der Waals surface area (Å²) in [4.78, 5) is 23.3. The van der Waals surface area contributed by atoms with Gasteiger partial charge in [-0.15, -0.1) is 11.3 Å². The minimum absolute atomic E-state index is 0.0461. The smallest absolute Gasteiger partial charge is 0.263 e. The lowest BCUT2D eigenvalue weighted by atomic mass is 10.1. The van der Waals surface area contributed by atoms with Crippen LogP contribution in [0.2, 0.25) is 0 Å². The summed E-state index contributed by atoms with van der Waals surface area (Å²) in [6, 6.07) is 20.2. The third-order valence-electron chi connectivity index (χ3n) is 5.57. The van der Waals surface area contributed by atoms with Gasteiger partial charge in [-0.3, -0.25) is 9.69 Å². The molecule has 1 saturated heterocycles. The molecule has 0 saturated carbocycles. The molecule has 4 rings (SSSR count). The van der Waals surface area contributed by atoms with Crippen molar-refractivity contribution in [1.82, 2.24) is 20.1 Å². The highest BCUT2D eigenvalue weighted by atomic mass is 32.1. The van der Waals surface area contributed by atoms with E-state index in [4.69, 9.17) is 0 Å². The average Bonchev–Trinajstić information content (AvgIpc) is 3.18. The zero-order chi connectivity index (χ0) is 20.9. The summed E-state index contributed by atoms with van der Waals surface area (Å²) in [7, 11) is 2.16. The Labute approximate surface area is 182 Å². The molecule has 156 valence electrons. The number of likely N-dealkylation sites (N-methyl/N-ethyl adjacent to an activating group) is 1. The monoisotopic (exact) mass is 420 g/mol. The quantitative estimate of drug-likeness (QED) is 0.658. The Morgan fingerprint density at radius 1 is 1.03 bits per heavy atom. The van der Waals surface area contributed by atoms with Gasteiger partial charge < -0.3 is 10.2 Å². The van der Waals surface area contributed by atoms with Gasteiger partial charge in [0.25, 0.3) is 5.91 Å². The molecular weight excluding hydrogens is 392 g/mol. The maximum absolute atomic E-state index is 13.2. The number of carbonyl (C=O) groups is 1. The summed E-state index contributed by atoms with van der Waals surface area (Å²) in [6.07, 6.45) is 0. The summed E-state index contributed by atoms with van der Waals surface area (Å²) in [5.41, 5.74) is 2.96. The van der Waals surface area contributed by atoms with Gasteiger partial charge >= 0.3 is 0 Å². The standard InChI is InChI=1S/C24H28N4OS/c1-18-22(30-24(25-18)20-11-7-4-8-12-20)23(29)26-21(19-9-5-3-6-10-19)17-28-15-13-27(2)14-16-28/h3-12,21H,13-17H2,1-2H3,(H,26,29). The molecule has 5 nitrogen and oxygen atoms in total. The molecule has 0 aliphatic carbocycles. The average molecular weight is 421 g/mol. The molecule has 2 heterocycles. The van der Waals surface area contributed by atoms with Crippen LogP contribution in [0.3, 0.4) is 0 Å². The fraction of sp³-hybridized carbons (Fsp3) is 0.333. The number of hydrogen-bond acceptors (Lipinski definition) is 5. The second-order valence-electron chi connectivity index (χ2n) is 7.84. The first-order chi connectivity index (χ1) is 14.6. The van der Waals surface area contributed by atoms with Crippen molar-refractivity contribution in [1.29, 1.82) is 0 Å². The summed E-state index contributed by atoms with van der Waals surface area (Å²) in [6.45, 7) is 6.89. The van der Waals surface area contributed by atoms with Gasteiger partial charge in [-0.1, -0.05) is 60.7 Å². The third-order valence-corrected chi connectivity index (χ3v) is 6.77. The van der Waals surface area contributed by atoms with Gasteiger partial charge in [0.1, 0.15) is 9.88 Å². The van der Waals surface area contributed by atoms with Gasteiger partial charge in [0.05, 0.1) is 11.7 Å². The van der Waals surface area contributed by atoms with Crippen molar-refractivity contribution in [3.63, 3.8) is 0 Å². The van der Waals surface area contributed by atoms with Crippen LogP contribution in [-0.2, 0) is 0 Å². The Kier molecular flexibility index (Phi) is 6.57. The molecular formula is C24H28N4OS. The molecule has 30 heavy (non-hydrogen) atoms. The van der Waals surface area contributed by atoms with Crippen LogP contribution in [0.1, 0.15) is 27.0 Å². The van der Waals surface area contributed by atoms with Crippen molar-refractivity contribution in [2.45, 2.75) is 13.0 Å². The Morgan fingerprint density at radius 3 is 2.33 bits per heavy atom. The topological polar surface area (TPSA) is 48.5 Å². The molecule has 1 aliphatic rings. The second-order valence-corrected chi connectivity index (χ2v) is 8.84. The van der Waals surface area contributed by atoms with Crippen LogP contribution in [0, 0.1) is 6.92 Å². The van der Waals surface area contributed by atoms with E-state index < -0.39 is 0 Å². The number of thiazole rings is 1. The van der Waals surface area contributed by atoms with Crippen molar-refractivity contribution < 1.29 is 4.79 Å². The summed E-state index contributed by atoms with van der Waals surface area (Å²) in [5, 5.41) is 4.17. The molecule has 1 fully saturated rings. The van der Waals surface area contributed by atoms with E-state index in [-0.39, 0.29) is 11.9 Å². The van der Waals surface area contributed by atoms with Gasteiger partial charge in [0, 0.05) is 38.3 Å². The van der Waals surface area contributed by atoms with Gasteiger partial charge in [0.2, 0.25) is 0 Å². The molecule has 3 aromatic rings. The first-order valence-corrected chi connectivity index (χ1v) is 11.2. The lowest BCUT2D eigenvalue weighted by Crippen LogP contribution is -2.47. The highest BCUT2D eigenvalue weighted by Crippen LogP contribution is 2.28. The van der Waals surface area contributed by atoms with E-state index >= 15 is 0 Å².